The van der Waals surface area contributed by atoms with Crippen LogP contribution in [0.2, 0.25) is 0 Å². The maximum absolute atomic E-state index is 12.5. The van der Waals surface area contributed by atoms with Gasteiger partial charge in [-0.2, -0.15) is 0 Å². The molecule has 7 nitrogen and oxygen atoms in total. The first-order valence-corrected chi connectivity index (χ1v) is 9.22. The number of hydrogen-bond donors (Lipinski definition) is 1. The lowest BCUT2D eigenvalue weighted by molar-refractivity contribution is -0.274. The minimum absolute atomic E-state index is 0.0950. The van der Waals surface area contributed by atoms with Crippen LogP contribution in [0.25, 0.3) is 6.08 Å². The van der Waals surface area contributed by atoms with Gasteiger partial charge in [0.25, 0.3) is 0 Å². The van der Waals surface area contributed by atoms with Crippen LogP contribution >= 0.6 is 0 Å². The lowest BCUT2D eigenvalue weighted by Gasteiger charge is -2.33. The van der Waals surface area contributed by atoms with Gasteiger partial charge in [-0.1, -0.05) is 30.7 Å². The first-order chi connectivity index (χ1) is 14.2. The van der Waals surface area contributed by atoms with Crippen molar-refractivity contribution in [1.29, 1.82) is 0 Å². The Bertz CT molecular complexity index is 899. The summed E-state index contributed by atoms with van der Waals surface area (Å²) in [6.45, 7) is 3.02. The van der Waals surface area contributed by atoms with Gasteiger partial charge < -0.3 is 14.4 Å². The summed E-state index contributed by atoms with van der Waals surface area (Å²) in [4.78, 5) is 22.2. The smallest absolute Gasteiger partial charge is 0.480 e. The molecular weight excluding hydrogens is 401 g/mol. The largest absolute Gasteiger partial charge is 0.573 e. The first kappa shape index (κ1) is 21.4. The van der Waals surface area contributed by atoms with Gasteiger partial charge >= 0.3 is 12.4 Å². The van der Waals surface area contributed by atoms with Gasteiger partial charge in [0.2, 0.25) is 5.88 Å². The van der Waals surface area contributed by atoms with Crippen molar-refractivity contribution < 1.29 is 27.4 Å². The highest BCUT2D eigenvalue weighted by Gasteiger charge is 2.31. The van der Waals surface area contributed by atoms with E-state index in [1.54, 1.807) is 17.0 Å². The molecular formula is C20H21F3N4O3. The zero-order valence-electron chi connectivity index (χ0n) is 16.4. The fourth-order valence-electron chi connectivity index (χ4n) is 3.10. The molecule has 1 aromatic carbocycles. The third kappa shape index (κ3) is 5.85. The van der Waals surface area contributed by atoms with Crippen molar-refractivity contribution in [2.24, 2.45) is 5.92 Å². The van der Waals surface area contributed by atoms with Crippen molar-refractivity contribution >= 4 is 17.9 Å². The highest BCUT2D eigenvalue weighted by atomic mass is 19.4. The standard InChI is InChI=1S/C20H21F3N4O3/c1-13-12-27(19(28)26-17-10-25-18(29-2)11-24-17)8-7-15(13)9-14-3-5-16(6-4-14)30-20(21,22)23/h3-6,9-11,13H,7-8,12H2,1-2H3,(H,24,26,28)/b15-9+. The second-order valence-electron chi connectivity index (χ2n) is 6.81. The van der Waals surface area contributed by atoms with E-state index in [1.165, 1.54) is 31.6 Å². The second kappa shape index (κ2) is 9.02. The third-order valence-electron chi connectivity index (χ3n) is 4.62. The number of carbonyl (C=O) groups excluding carboxylic acids is 1. The van der Waals surface area contributed by atoms with Gasteiger partial charge in [-0.3, -0.25) is 5.32 Å². The van der Waals surface area contributed by atoms with Crippen LogP contribution in [-0.2, 0) is 0 Å². The van der Waals surface area contributed by atoms with Crippen LogP contribution in [0.5, 0.6) is 11.6 Å². The molecule has 1 N–H and O–H groups in total. The van der Waals surface area contributed by atoms with Crippen LogP contribution in [0.1, 0.15) is 18.9 Å². The summed E-state index contributed by atoms with van der Waals surface area (Å²) in [7, 11) is 1.48. The Labute approximate surface area is 171 Å². The predicted octanol–water partition coefficient (Wildman–Crippen LogP) is 4.34. The molecule has 1 aromatic heterocycles. The molecule has 2 aromatic rings. The third-order valence-corrected chi connectivity index (χ3v) is 4.62. The lowest BCUT2D eigenvalue weighted by atomic mass is 9.91. The topological polar surface area (TPSA) is 76.6 Å². The molecule has 1 aliphatic rings. The monoisotopic (exact) mass is 422 g/mol. The summed E-state index contributed by atoms with van der Waals surface area (Å²) in [6, 6.07) is 5.44. The molecule has 0 bridgehead atoms. The molecule has 160 valence electrons. The number of alkyl halides is 3. The van der Waals surface area contributed by atoms with Gasteiger partial charge in [-0.15, -0.1) is 13.2 Å². The van der Waals surface area contributed by atoms with Crippen molar-refractivity contribution in [2.45, 2.75) is 19.7 Å². The van der Waals surface area contributed by atoms with Crippen LogP contribution < -0.4 is 14.8 Å². The van der Waals surface area contributed by atoms with E-state index < -0.39 is 6.36 Å². The number of likely N-dealkylation sites (tertiary alicyclic amines) is 1. The van der Waals surface area contributed by atoms with E-state index in [1.807, 2.05) is 13.0 Å². The van der Waals surface area contributed by atoms with Crippen LogP contribution in [0.3, 0.4) is 0 Å². The summed E-state index contributed by atoms with van der Waals surface area (Å²) in [5, 5.41) is 2.71. The van der Waals surface area contributed by atoms with E-state index >= 15 is 0 Å². The number of nitrogens with zero attached hydrogens (tertiary/aromatic N) is 3. The molecule has 30 heavy (non-hydrogen) atoms. The van der Waals surface area contributed by atoms with Crippen LogP contribution in [-0.4, -0.2) is 47.5 Å². The van der Waals surface area contributed by atoms with E-state index in [-0.39, 0.29) is 17.7 Å². The lowest BCUT2D eigenvalue weighted by Crippen LogP contribution is -2.42. The summed E-state index contributed by atoms with van der Waals surface area (Å²) >= 11 is 0. The predicted molar refractivity (Wildman–Crippen MR) is 104 cm³/mol. The van der Waals surface area contributed by atoms with Crippen molar-refractivity contribution in [3.8, 4) is 11.6 Å². The number of piperidine rings is 1. The molecule has 1 fully saturated rings. The normalized spacial score (nSPS) is 18.2. The van der Waals surface area contributed by atoms with E-state index in [0.717, 1.165) is 11.1 Å². The van der Waals surface area contributed by atoms with Crippen LogP contribution in [0, 0.1) is 5.92 Å². The van der Waals surface area contributed by atoms with Gasteiger partial charge in [0.05, 0.1) is 19.5 Å². The molecule has 1 saturated heterocycles. The number of ether oxygens (including phenoxy) is 2. The van der Waals surface area contributed by atoms with Crippen LogP contribution in [0.4, 0.5) is 23.8 Å². The molecule has 2 heterocycles. The molecule has 2 amide bonds. The number of hydrogen-bond acceptors (Lipinski definition) is 5. The highest BCUT2D eigenvalue weighted by Crippen LogP contribution is 2.27. The Morgan fingerprint density at radius 2 is 1.97 bits per heavy atom. The molecule has 3 rings (SSSR count). The summed E-state index contributed by atoms with van der Waals surface area (Å²) in [6.07, 6.45) is 0.719. The Morgan fingerprint density at radius 3 is 2.53 bits per heavy atom. The molecule has 0 aliphatic carbocycles. The quantitative estimate of drug-likeness (QED) is 0.793. The fourth-order valence-corrected chi connectivity index (χ4v) is 3.10. The van der Waals surface area contributed by atoms with Gasteiger partial charge in [0.1, 0.15) is 5.75 Å². The molecule has 1 atom stereocenters. The number of anilines is 1. The number of rotatable bonds is 4. The summed E-state index contributed by atoms with van der Waals surface area (Å²) < 4.78 is 45.6. The van der Waals surface area contributed by atoms with Crippen molar-refractivity contribution in [3.63, 3.8) is 0 Å². The van der Waals surface area contributed by atoms with Crippen molar-refractivity contribution in [3.05, 3.63) is 47.8 Å². The minimum atomic E-state index is -4.71. The number of amides is 2. The molecule has 10 heteroatoms. The van der Waals surface area contributed by atoms with Gasteiger partial charge in [-0.05, 0) is 30.0 Å². The van der Waals surface area contributed by atoms with Gasteiger partial charge in [0.15, 0.2) is 5.82 Å². The van der Waals surface area contributed by atoms with E-state index in [0.29, 0.717) is 31.2 Å². The van der Waals surface area contributed by atoms with Crippen molar-refractivity contribution in [2.75, 3.05) is 25.5 Å². The SMILES string of the molecule is COc1cnc(NC(=O)N2CC/C(=C\c3ccc(OC(F)(F)F)cc3)C(C)C2)cn1. The number of nitrogens with one attached hydrogen (secondary N) is 1. The van der Waals surface area contributed by atoms with Gasteiger partial charge in [-0.25, -0.2) is 14.8 Å². The average molecular weight is 422 g/mol. The highest BCUT2D eigenvalue weighted by molar-refractivity contribution is 5.88. The number of halogens is 3. The number of carbonyl (C=O) groups is 1. The maximum Gasteiger partial charge on any atom is 0.573 e. The zero-order valence-corrected chi connectivity index (χ0v) is 16.4. The van der Waals surface area contributed by atoms with E-state index in [2.05, 4.69) is 20.0 Å². The first-order valence-electron chi connectivity index (χ1n) is 9.22. The summed E-state index contributed by atoms with van der Waals surface area (Å²) in [5.74, 6) is 0.520. The average Bonchev–Trinajstić information content (AvgIpc) is 2.70. The number of aromatic nitrogens is 2. The maximum atomic E-state index is 12.5. The summed E-state index contributed by atoms with van der Waals surface area (Å²) in [5.41, 5.74) is 1.89. The molecule has 1 unspecified atom stereocenters. The molecule has 0 saturated carbocycles. The van der Waals surface area contributed by atoms with E-state index in [9.17, 15) is 18.0 Å². The van der Waals surface area contributed by atoms with Gasteiger partial charge in [0, 0.05) is 13.1 Å². The minimum Gasteiger partial charge on any atom is -0.480 e. The fraction of sp³-hybridized carbons (Fsp3) is 0.350. The van der Waals surface area contributed by atoms with E-state index in [4.69, 9.17) is 4.74 Å². The Morgan fingerprint density at radius 1 is 1.23 bits per heavy atom. The number of benzene rings is 1. The Kier molecular flexibility index (Phi) is 6.43. The zero-order chi connectivity index (χ0) is 21.7. The second-order valence-corrected chi connectivity index (χ2v) is 6.81. The Balaban J connectivity index is 1.58. The van der Waals surface area contributed by atoms with Crippen LogP contribution in [0.15, 0.2) is 42.2 Å². The number of urea groups is 1. The van der Waals surface area contributed by atoms with Crippen molar-refractivity contribution in [1.82, 2.24) is 14.9 Å². The molecule has 0 radical (unpaired) electrons. The molecule has 1 aliphatic heterocycles. The number of methoxy groups -OCH3 is 1. The molecule has 0 spiro atoms. The Hall–Kier alpha value is -3.30.